The van der Waals surface area contributed by atoms with E-state index >= 15 is 0 Å². The Kier molecular flexibility index (Phi) is 7.07. The number of hydrogen-bond acceptors (Lipinski definition) is 6. The maximum Gasteiger partial charge on any atom is 0.274 e. The quantitative estimate of drug-likeness (QED) is 0.495. The fraction of sp³-hybridized carbons (Fsp3) is 0.417. The van der Waals surface area contributed by atoms with Crippen molar-refractivity contribution in [2.24, 2.45) is 0 Å². The smallest absolute Gasteiger partial charge is 0.274 e. The highest BCUT2D eigenvalue weighted by Crippen LogP contribution is 2.21. The van der Waals surface area contributed by atoms with Crippen LogP contribution in [-0.4, -0.2) is 58.8 Å². The normalized spacial score (nSPS) is 19.5. The molecule has 0 bridgehead atoms. The van der Waals surface area contributed by atoms with Crippen molar-refractivity contribution in [3.63, 3.8) is 0 Å². The van der Waals surface area contributed by atoms with Gasteiger partial charge in [0.15, 0.2) is 5.82 Å². The molecule has 2 fully saturated rings. The summed E-state index contributed by atoms with van der Waals surface area (Å²) in [6, 6.07) is 12.9. The van der Waals surface area contributed by atoms with Crippen molar-refractivity contribution in [1.29, 1.82) is 0 Å². The summed E-state index contributed by atoms with van der Waals surface area (Å²) in [5.74, 6) is -0.0900. The molecule has 2 aliphatic heterocycles. The maximum absolute atomic E-state index is 13.2. The van der Waals surface area contributed by atoms with Crippen molar-refractivity contribution < 1.29 is 14.5 Å². The third-order valence-electron chi connectivity index (χ3n) is 6.16. The molecule has 0 saturated carbocycles. The van der Waals surface area contributed by atoms with Crippen LogP contribution in [0.2, 0.25) is 0 Å². The number of rotatable bonds is 7. The van der Waals surface area contributed by atoms with Crippen molar-refractivity contribution in [3.8, 4) is 0 Å². The number of benzene rings is 2. The first kappa shape index (κ1) is 22.6. The number of nitro groups is 1. The van der Waals surface area contributed by atoms with Gasteiger partial charge in [-0.05, 0) is 55.0 Å². The van der Waals surface area contributed by atoms with Gasteiger partial charge in [0, 0.05) is 25.3 Å². The molecule has 2 aliphatic rings. The van der Waals surface area contributed by atoms with Crippen LogP contribution in [0.1, 0.15) is 32.1 Å². The number of nitrogens with one attached hydrogen (secondary N) is 2. The Morgan fingerprint density at radius 2 is 1.79 bits per heavy atom. The third-order valence-corrected chi connectivity index (χ3v) is 6.16. The molecule has 0 unspecified atom stereocenters. The Morgan fingerprint density at radius 3 is 2.55 bits per heavy atom. The van der Waals surface area contributed by atoms with E-state index in [1.807, 2.05) is 42.5 Å². The number of fused-ring (bicyclic) bond motifs is 1. The van der Waals surface area contributed by atoms with Crippen molar-refractivity contribution in [1.82, 2.24) is 15.1 Å². The van der Waals surface area contributed by atoms with Gasteiger partial charge >= 0.3 is 0 Å². The molecule has 0 aliphatic carbocycles. The molecule has 174 valence electrons. The van der Waals surface area contributed by atoms with Gasteiger partial charge in [0.1, 0.15) is 6.04 Å². The molecule has 0 aromatic heterocycles. The van der Waals surface area contributed by atoms with Crippen LogP contribution in [0.3, 0.4) is 0 Å². The average molecular weight is 452 g/mol. The lowest BCUT2D eigenvalue weighted by Crippen LogP contribution is -2.49. The Morgan fingerprint density at radius 1 is 1.06 bits per heavy atom. The van der Waals surface area contributed by atoms with Gasteiger partial charge < -0.3 is 20.4 Å². The minimum Gasteiger partial charge on any atom is -0.355 e. The largest absolute Gasteiger partial charge is 0.355 e. The van der Waals surface area contributed by atoms with Gasteiger partial charge in [-0.1, -0.05) is 30.3 Å². The van der Waals surface area contributed by atoms with Gasteiger partial charge in [-0.25, -0.2) is 0 Å². The average Bonchev–Trinajstić information content (AvgIpc) is 3.29. The summed E-state index contributed by atoms with van der Waals surface area (Å²) < 4.78 is 0. The first-order valence-electron chi connectivity index (χ1n) is 11.4. The lowest BCUT2D eigenvalue weighted by Gasteiger charge is -2.27. The minimum absolute atomic E-state index is 0.0307. The Hall–Kier alpha value is -3.62. The Bertz CT molecular complexity index is 1060. The standard InChI is InChI=1S/C24H29N5O4/c30-23(27-12-5-6-13-27)17-28-14-4-3-9-21(24(28)31)26-22(16-29(32)33)25-20-11-10-18-7-1-2-8-19(18)15-20/h1-2,7-8,10-11,15-16,21,25-26H,3-6,9,12-14,17H2/t21-/m0/s1. The molecule has 9 nitrogen and oxygen atoms in total. The number of likely N-dealkylation sites (tertiary alicyclic amines) is 2. The van der Waals surface area contributed by atoms with E-state index in [1.54, 1.807) is 9.80 Å². The first-order chi connectivity index (χ1) is 16.0. The van der Waals surface area contributed by atoms with Gasteiger partial charge in [0.2, 0.25) is 11.8 Å². The van der Waals surface area contributed by atoms with E-state index in [0.29, 0.717) is 18.7 Å². The zero-order valence-corrected chi connectivity index (χ0v) is 18.5. The second-order valence-corrected chi connectivity index (χ2v) is 8.56. The summed E-state index contributed by atoms with van der Waals surface area (Å²) in [7, 11) is 0. The first-order valence-corrected chi connectivity index (χ1v) is 11.4. The number of carbonyl (C=O) groups is 2. The molecule has 0 spiro atoms. The van der Waals surface area contributed by atoms with Gasteiger partial charge in [-0.2, -0.15) is 0 Å². The van der Waals surface area contributed by atoms with Crippen LogP contribution in [0.4, 0.5) is 5.69 Å². The monoisotopic (exact) mass is 451 g/mol. The number of amides is 2. The summed E-state index contributed by atoms with van der Waals surface area (Å²) >= 11 is 0. The number of nitrogens with zero attached hydrogens (tertiary/aromatic N) is 3. The number of carbonyl (C=O) groups excluding carboxylic acids is 2. The summed E-state index contributed by atoms with van der Waals surface area (Å²) in [5.41, 5.74) is 0.677. The molecule has 2 heterocycles. The molecule has 2 N–H and O–H groups in total. The summed E-state index contributed by atoms with van der Waals surface area (Å²) in [6.45, 7) is 2.06. The molecular formula is C24H29N5O4. The van der Waals surface area contributed by atoms with Gasteiger partial charge in [-0.3, -0.25) is 19.7 Å². The van der Waals surface area contributed by atoms with Crippen molar-refractivity contribution in [3.05, 3.63) is 64.6 Å². The topological polar surface area (TPSA) is 108 Å². The molecule has 2 saturated heterocycles. The highest BCUT2D eigenvalue weighted by atomic mass is 16.6. The van der Waals surface area contributed by atoms with E-state index in [9.17, 15) is 19.7 Å². The molecule has 33 heavy (non-hydrogen) atoms. The van der Waals surface area contributed by atoms with Crippen molar-refractivity contribution in [2.75, 3.05) is 31.5 Å². The van der Waals surface area contributed by atoms with E-state index in [2.05, 4.69) is 10.6 Å². The van der Waals surface area contributed by atoms with Crippen LogP contribution in [0.25, 0.3) is 10.8 Å². The zero-order valence-electron chi connectivity index (χ0n) is 18.5. The lowest BCUT2D eigenvalue weighted by atomic mass is 10.1. The summed E-state index contributed by atoms with van der Waals surface area (Å²) in [6.07, 6.45) is 4.97. The van der Waals surface area contributed by atoms with Crippen molar-refractivity contribution >= 4 is 28.3 Å². The third kappa shape index (κ3) is 5.79. The second kappa shape index (κ2) is 10.3. The number of anilines is 1. The lowest BCUT2D eigenvalue weighted by molar-refractivity contribution is -0.403. The van der Waals surface area contributed by atoms with Crippen molar-refractivity contribution in [2.45, 2.75) is 38.1 Å². The second-order valence-electron chi connectivity index (χ2n) is 8.56. The molecule has 2 aromatic carbocycles. The predicted molar refractivity (Wildman–Crippen MR) is 126 cm³/mol. The van der Waals surface area contributed by atoms with Crippen LogP contribution >= 0.6 is 0 Å². The van der Waals surface area contributed by atoms with E-state index in [4.69, 9.17) is 0 Å². The van der Waals surface area contributed by atoms with E-state index in [-0.39, 0.29) is 24.2 Å². The Balaban J connectivity index is 1.47. The van der Waals surface area contributed by atoms with Crippen LogP contribution in [-0.2, 0) is 9.59 Å². The predicted octanol–water partition coefficient (Wildman–Crippen LogP) is 2.92. The van der Waals surface area contributed by atoms with E-state index in [1.165, 1.54) is 0 Å². The van der Waals surface area contributed by atoms with Gasteiger partial charge in [0.25, 0.3) is 6.20 Å². The summed E-state index contributed by atoms with van der Waals surface area (Å²) in [5, 5.41) is 19.4. The highest BCUT2D eigenvalue weighted by molar-refractivity contribution is 5.88. The molecule has 9 heteroatoms. The molecule has 4 rings (SSSR count). The SMILES string of the molecule is O=C(CN1CCCC[C@H](NC(=C[N+](=O)[O-])Nc2ccc3ccccc3c2)C1=O)N1CCCC1. The van der Waals surface area contributed by atoms with Gasteiger partial charge in [0.05, 0.1) is 11.5 Å². The van der Waals surface area contributed by atoms with E-state index < -0.39 is 11.0 Å². The molecule has 2 amide bonds. The zero-order chi connectivity index (χ0) is 23.2. The fourth-order valence-corrected chi connectivity index (χ4v) is 4.45. The van der Waals surface area contributed by atoms with Crippen LogP contribution in [0.5, 0.6) is 0 Å². The molecule has 0 radical (unpaired) electrons. The Labute approximate surface area is 192 Å². The minimum atomic E-state index is -0.641. The van der Waals surface area contributed by atoms with Crippen LogP contribution in [0, 0.1) is 10.1 Å². The molecular weight excluding hydrogens is 422 g/mol. The summed E-state index contributed by atoms with van der Waals surface area (Å²) in [4.78, 5) is 39.9. The van der Waals surface area contributed by atoms with Gasteiger partial charge in [-0.15, -0.1) is 0 Å². The fourth-order valence-electron chi connectivity index (χ4n) is 4.45. The molecule has 2 aromatic rings. The molecule has 1 atom stereocenters. The van der Waals surface area contributed by atoms with Crippen LogP contribution in [0.15, 0.2) is 54.5 Å². The van der Waals surface area contributed by atoms with E-state index in [0.717, 1.165) is 55.7 Å². The maximum atomic E-state index is 13.2. The van der Waals surface area contributed by atoms with Crippen LogP contribution < -0.4 is 10.6 Å². The highest BCUT2D eigenvalue weighted by Gasteiger charge is 2.30. The number of hydrogen-bond donors (Lipinski definition) is 2.